The molecule has 1 fully saturated rings. The number of hydrogen-bond acceptors (Lipinski definition) is 3. The largest absolute Gasteiger partial charge is 0.357 e. The molecule has 3 rings (SSSR count). The zero-order chi connectivity index (χ0) is 14.5. The molecule has 1 aliphatic heterocycles. The van der Waals surface area contributed by atoms with Gasteiger partial charge in [-0.15, -0.1) is 0 Å². The maximum absolute atomic E-state index is 6.32. The van der Waals surface area contributed by atoms with Gasteiger partial charge in [0.1, 0.15) is 5.82 Å². The van der Waals surface area contributed by atoms with Crippen molar-refractivity contribution in [3.05, 3.63) is 59.8 Å². The van der Waals surface area contributed by atoms with E-state index < -0.39 is 0 Å². The van der Waals surface area contributed by atoms with Gasteiger partial charge in [0.15, 0.2) is 0 Å². The number of benzene rings is 1. The second kappa shape index (κ2) is 6.72. The van der Waals surface area contributed by atoms with Crippen molar-refractivity contribution in [2.24, 2.45) is 5.73 Å². The van der Waals surface area contributed by atoms with Crippen LogP contribution in [0, 0.1) is 0 Å². The molecule has 0 aliphatic carbocycles. The van der Waals surface area contributed by atoms with E-state index in [9.17, 15) is 0 Å². The van der Waals surface area contributed by atoms with Crippen LogP contribution in [0.5, 0.6) is 0 Å². The zero-order valence-corrected chi connectivity index (χ0v) is 12.4. The van der Waals surface area contributed by atoms with Gasteiger partial charge in [0.25, 0.3) is 0 Å². The zero-order valence-electron chi connectivity index (χ0n) is 12.4. The minimum atomic E-state index is -0.100. The van der Waals surface area contributed by atoms with Crippen molar-refractivity contribution >= 4 is 5.82 Å². The Kier molecular flexibility index (Phi) is 4.51. The number of pyridine rings is 1. The van der Waals surface area contributed by atoms with Crippen LogP contribution in [-0.4, -0.2) is 18.1 Å². The van der Waals surface area contributed by atoms with E-state index >= 15 is 0 Å². The molecule has 0 saturated carbocycles. The molecule has 1 aliphatic rings. The Hall–Kier alpha value is -1.87. The van der Waals surface area contributed by atoms with Gasteiger partial charge in [-0.05, 0) is 30.0 Å². The molecule has 2 N–H and O–H groups in total. The van der Waals surface area contributed by atoms with Gasteiger partial charge in [-0.25, -0.2) is 4.98 Å². The van der Waals surface area contributed by atoms with Crippen LogP contribution in [-0.2, 0) is 0 Å². The third kappa shape index (κ3) is 3.42. The lowest BCUT2D eigenvalue weighted by molar-refractivity contribution is 0.726. The predicted molar refractivity (Wildman–Crippen MR) is 87.4 cm³/mol. The molecule has 1 aromatic carbocycles. The summed E-state index contributed by atoms with van der Waals surface area (Å²) in [4.78, 5) is 7.03. The summed E-state index contributed by atoms with van der Waals surface area (Å²) < 4.78 is 0. The van der Waals surface area contributed by atoms with Crippen molar-refractivity contribution in [3.8, 4) is 0 Å². The Bertz CT molecular complexity index is 542. The highest BCUT2D eigenvalue weighted by Gasteiger charge is 2.13. The van der Waals surface area contributed by atoms with Crippen LogP contribution in [0.3, 0.4) is 0 Å². The highest BCUT2D eigenvalue weighted by atomic mass is 15.2. The number of nitrogens with two attached hydrogens (primary N) is 1. The molecular weight excluding hydrogens is 258 g/mol. The van der Waals surface area contributed by atoms with Gasteiger partial charge in [0.2, 0.25) is 0 Å². The second-order valence-electron chi connectivity index (χ2n) is 5.74. The topological polar surface area (TPSA) is 42.1 Å². The van der Waals surface area contributed by atoms with Crippen LogP contribution in [0.25, 0.3) is 0 Å². The summed E-state index contributed by atoms with van der Waals surface area (Å²) in [6, 6.07) is 14.3. The predicted octanol–water partition coefficient (Wildman–Crippen LogP) is 3.51. The van der Waals surface area contributed by atoms with E-state index in [0.717, 1.165) is 30.0 Å². The van der Waals surface area contributed by atoms with Crippen LogP contribution < -0.4 is 10.6 Å². The molecule has 0 bridgehead atoms. The standard InChI is InChI=1S/C18H23N3/c19-18(15-8-4-3-5-9-15)16-10-11-17(20-14-16)21-12-6-1-2-7-13-21/h3-5,8-11,14,18H,1-2,6-7,12-13,19H2/t18-/m0/s1. The highest BCUT2D eigenvalue weighted by molar-refractivity contribution is 5.41. The Balaban J connectivity index is 1.74. The highest BCUT2D eigenvalue weighted by Crippen LogP contribution is 2.22. The molecule has 0 radical (unpaired) electrons. The monoisotopic (exact) mass is 281 g/mol. The van der Waals surface area contributed by atoms with Crippen molar-refractivity contribution in [1.82, 2.24) is 4.98 Å². The first-order valence-corrected chi connectivity index (χ1v) is 7.86. The minimum Gasteiger partial charge on any atom is -0.357 e. The maximum atomic E-state index is 6.32. The van der Waals surface area contributed by atoms with Crippen molar-refractivity contribution in [2.75, 3.05) is 18.0 Å². The average molecular weight is 281 g/mol. The van der Waals surface area contributed by atoms with E-state index in [-0.39, 0.29) is 6.04 Å². The lowest BCUT2D eigenvalue weighted by Gasteiger charge is -2.22. The summed E-state index contributed by atoms with van der Waals surface area (Å²) in [6.07, 6.45) is 7.15. The lowest BCUT2D eigenvalue weighted by atomic mass is 10.0. The number of nitrogens with zero attached hydrogens (tertiary/aromatic N) is 2. The fourth-order valence-corrected chi connectivity index (χ4v) is 2.92. The van der Waals surface area contributed by atoms with Gasteiger partial charge >= 0.3 is 0 Å². The lowest BCUT2D eigenvalue weighted by Crippen LogP contribution is -2.25. The van der Waals surface area contributed by atoms with E-state index in [1.54, 1.807) is 0 Å². The summed E-state index contributed by atoms with van der Waals surface area (Å²) in [7, 11) is 0. The Morgan fingerprint density at radius 2 is 1.57 bits per heavy atom. The quantitative estimate of drug-likeness (QED) is 0.936. The van der Waals surface area contributed by atoms with Gasteiger partial charge in [-0.1, -0.05) is 49.2 Å². The molecule has 3 heteroatoms. The van der Waals surface area contributed by atoms with E-state index in [0.29, 0.717) is 0 Å². The maximum Gasteiger partial charge on any atom is 0.128 e. The summed E-state index contributed by atoms with van der Waals surface area (Å²) in [5.41, 5.74) is 8.51. The Morgan fingerprint density at radius 3 is 2.19 bits per heavy atom. The summed E-state index contributed by atoms with van der Waals surface area (Å²) >= 11 is 0. The van der Waals surface area contributed by atoms with E-state index in [4.69, 9.17) is 5.73 Å². The third-order valence-electron chi connectivity index (χ3n) is 4.22. The number of anilines is 1. The Morgan fingerprint density at radius 1 is 0.857 bits per heavy atom. The fraction of sp³-hybridized carbons (Fsp3) is 0.389. The molecule has 2 heterocycles. The van der Waals surface area contributed by atoms with Gasteiger partial charge < -0.3 is 10.6 Å². The van der Waals surface area contributed by atoms with Gasteiger partial charge in [0.05, 0.1) is 6.04 Å². The average Bonchev–Trinajstić information content (AvgIpc) is 2.84. The second-order valence-corrected chi connectivity index (χ2v) is 5.74. The molecule has 110 valence electrons. The van der Waals surface area contributed by atoms with Gasteiger partial charge in [0, 0.05) is 19.3 Å². The SMILES string of the molecule is N[C@@H](c1ccccc1)c1ccc(N2CCCCCC2)nc1. The van der Waals surface area contributed by atoms with Crippen LogP contribution in [0.15, 0.2) is 48.7 Å². The number of rotatable bonds is 3. The molecule has 21 heavy (non-hydrogen) atoms. The molecule has 0 amide bonds. The summed E-state index contributed by atoms with van der Waals surface area (Å²) in [5, 5.41) is 0. The molecule has 3 nitrogen and oxygen atoms in total. The van der Waals surface area contributed by atoms with Crippen molar-refractivity contribution in [3.63, 3.8) is 0 Å². The molecule has 2 aromatic rings. The normalized spacial score (nSPS) is 17.3. The van der Waals surface area contributed by atoms with E-state index in [1.807, 2.05) is 24.4 Å². The van der Waals surface area contributed by atoms with Crippen molar-refractivity contribution in [2.45, 2.75) is 31.7 Å². The molecule has 1 saturated heterocycles. The Labute approximate surface area is 126 Å². The minimum absolute atomic E-state index is 0.100. The van der Waals surface area contributed by atoms with Crippen LogP contribution >= 0.6 is 0 Å². The first-order valence-electron chi connectivity index (χ1n) is 7.86. The molecule has 0 unspecified atom stereocenters. The summed E-state index contributed by atoms with van der Waals surface area (Å²) in [6.45, 7) is 2.24. The fourth-order valence-electron chi connectivity index (χ4n) is 2.92. The number of hydrogen-bond donors (Lipinski definition) is 1. The molecule has 0 spiro atoms. The smallest absolute Gasteiger partial charge is 0.128 e. The molecule has 1 aromatic heterocycles. The first-order chi connectivity index (χ1) is 10.3. The van der Waals surface area contributed by atoms with Gasteiger partial charge in [-0.3, -0.25) is 0 Å². The van der Waals surface area contributed by atoms with Gasteiger partial charge in [-0.2, -0.15) is 0 Å². The van der Waals surface area contributed by atoms with Crippen LogP contribution in [0.1, 0.15) is 42.9 Å². The van der Waals surface area contributed by atoms with Crippen molar-refractivity contribution < 1.29 is 0 Å². The van der Waals surface area contributed by atoms with Crippen LogP contribution in [0.4, 0.5) is 5.82 Å². The van der Waals surface area contributed by atoms with Crippen molar-refractivity contribution in [1.29, 1.82) is 0 Å². The molecular formula is C18H23N3. The van der Waals surface area contributed by atoms with E-state index in [1.165, 1.54) is 25.7 Å². The van der Waals surface area contributed by atoms with Crippen LogP contribution in [0.2, 0.25) is 0 Å². The summed E-state index contributed by atoms with van der Waals surface area (Å²) in [5.74, 6) is 1.08. The molecule has 1 atom stereocenters. The first kappa shape index (κ1) is 14.1. The van der Waals surface area contributed by atoms with E-state index in [2.05, 4.69) is 34.1 Å². The number of aromatic nitrogens is 1. The third-order valence-corrected chi connectivity index (χ3v) is 4.22.